The van der Waals surface area contributed by atoms with Crippen LogP contribution >= 0.6 is 0 Å². The summed E-state index contributed by atoms with van der Waals surface area (Å²) in [6, 6.07) is 8.10. The lowest BCUT2D eigenvalue weighted by Gasteiger charge is -2.31. The first-order valence-electron chi connectivity index (χ1n) is 10.1. The summed E-state index contributed by atoms with van der Waals surface area (Å²) in [5.74, 6) is 1.42. The number of carbonyl (C=O) groups is 1. The largest absolute Gasteiger partial charge is 0.369 e. The van der Waals surface area contributed by atoms with E-state index in [1.807, 2.05) is 36.9 Å². The van der Waals surface area contributed by atoms with Crippen molar-refractivity contribution in [3.63, 3.8) is 0 Å². The van der Waals surface area contributed by atoms with Crippen molar-refractivity contribution in [2.75, 3.05) is 13.1 Å². The molecule has 146 valence electrons. The second-order valence-electron chi connectivity index (χ2n) is 7.96. The number of nitrogens with zero attached hydrogens (tertiary/aromatic N) is 3. The molecule has 2 aromatic heterocycles. The molecule has 0 radical (unpaired) electrons. The number of nitrogens with one attached hydrogen (secondary N) is 2. The fourth-order valence-electron chi connectivity index (χ4n) is 4.52. The SMILES string of the molecule is C[C@@H]1Cc2c(C(=O)N3CCC(c4nc5ccccc5[nH]4)CC3)n[nH]c2[C@H](C)O1. The third kappa shape index (κ3) is 2.90. The van der Waals surface area contributed by atoms with Gasteiger partial charge in [0.2, 0.25) is 0 Å². The maximum Gasteiger partial charge on any atom is 0.274 e. The molecule has 2 aliphatic heterocycles. The fraction of sp³-hybridized carbons (Fsp3) is 0.476. The molecule has 28 heavy (non-hydrogen) atoms. The van der Waals surface area contributed by atoms with E-state index in [4.69, 9.17) is 9.72 Å². The molecule has 1 fully saturated rings. The Morgan fingerprint density at radius 2 is 2.00 bits per heavy atom. The standard InChI is InChI=1S/C21H25N5O2/c1-12-11-15-18(13(2)28-12)24-25-19(15)21(27)26-9-7-14(8-10-26)20-22-16-5-3-4-6-17(16)23-20/h3-6,12-14H,7-11H2,1-2H3,(H,22,23)(H,24,25)/t12-,13+/m1/s1. The number of carbonyl (C=O) groups excluding carboxylic acids is 1. The predicted octanol–water partition coefficient (Wildman–Crippen LogP) is 3.33. The van der Waals surface area contributed by atoms with Gasteiger partial charge in [-0.05, 0) is 38.8 Å². The van der Waals surface area contributed by atoms with E-state index in [9.17, 15) is 4.79 Å². The molecular weight excluding hydrogens is 354 g/mol. The molecule has 2 atom stereocenters. The van der Waals surface area contributed by atoms with Crippen LogP contribution in [-0.2, 0) is 11.2 Å². The van der Waals surface area contributed by atoms with Crippen molar-refractivity contribution in [2.24, 2.45) is 0 Å². The second-order valence-corrected chi connectivity index (χ2v) is 7.96. The number of benzene rings is 1. The smallest absolute Gasteiger partial charge is 0.274 e. The Bertz CT molecular complexity index is 982. The molecule has 7 nitrogen and oxygen atoms in total. The highest BCUT2D eigenvalue weighted by atomic mass is 16.5. The zero-order chi connectivity index (χ0) is 19.3. The van der Waals surface area contributed by atoms with Crippen molar-refractivity contribution in [3.8, 4) is 0 Å². The Balaban J connectivity index is 1.30. The van der Waals surface area contributed by atoms with E-state index in [0.29, 0.717) is 11.6 Å². The highest BCUT2D eigenvalue weighted by Gasteiger charge is 2.33. The van der Waals surface area contributed by atoms with Gasteiger partial charge >= 0.3 is 0 Å². The third-order valence-electron chi connectivity index (χ3n) is 6.01. The number of hydrogen-bond acceptors (Lipinski definition) is 4. The molecule has 0 saturated carbocycles. The minimum atomic E-state index is -0.0494. The minimum absolute atomic E-state index is 0.0295. The van der Waals surface area contributed by atoms with E-state index in [-0.39, 0.29) is 18.1 Å². The molecule has 0 spiro atoms. The van der Waals surface area contributed by atoms with E-state index in [0.717, 1.165) is 60.5 Å². The number of imidazole rings is 1. The monoisotopic (exact) mass is 379 g/mol. The summed E-state index contributed by atoms with van der Waals surface area (Å²) in [5.41, 5.74) is 4.61. The summed E-state index contributed by atoms with van der Waals surface area (Å²) in [6.07, 6.45) is 2.60. The van der Waals surface area contributed by atoms with Crippen LogP contribution in [-0.4, -0.2) is 50.2 Å². The van der Waals surface area contributed by atoms with Gasteiger partial charge in [-0.1, -0.05) is 12.1 Å². The first kappa shape index (κ1) is 17.4. The van der Waals surface area contributed by atoms with E-state index in [1.165, 1.54) is 0 Å². The number of para-hydroxylation sites is 2. The van der Waals surface area contributed by atoms with Gasteiger partial charge in [-0.25, -0.2) is 4.98 Å². The fourth-order valence-corrected chi connectivity index (χ4v) is 4.52. The van der Waals surface area contributed by atoms with Gasteiger partial charge in [-0.3, -0.25) is 9.89 Å². The van der Waals surface area contributed by atoms with Gasteiger partial charge < -0.3 is 14.6 Å². The lowest BCUT2D eigenvalue weighted by atomic mass is 9.95. The van der Waals surface area contributed by atoms with E-state index >= 15 is 0 Å². The number of amides is 1. The van der Waals surface area contributed by atoms with Gasteiger partial charge in [-0.2, -0.15) is 5.10 Å². The average Bonchev–Trinajstić information content (AvgIpc) is 3.32. The lowest BCUT2D eigenvalue weighted by molar-refractivity contribution is -0.00703. The summed E-state index contributed by atoms with van der Waals surface area (Å²) in [6.45, 7) is 5.49. The van der Waals surface area contributed by atoms with Crippen molar-refractivity contribution in [2.45, 2.75) is 51.2 Å². The average molecular weight is 379 g/mol. The van der Waals surface area contributed by atoms with Gasteiger partial charge in [0.15, 0.2) is 5.69 Å². The molecule has 1 saturated heterocycles. The Hall–Kier alpha value is -2.67. The number of aromatic amines is 2. The van der Waals surface area contributed by atoms with Crippen LogP contribution in [0.5, 0.6) is 0 Å². The first-order valence-corrected chi connectivity index (χ1v) is 10.1. The van der Waals surface area contributed by atoms with Crippen molar-refractivity contribution in [3.05, 3.63) is 47.0 Å². The van der Waals surface area contributed by atoms with E-state index in [2.05, 4.69) is 21.2 Å². The minimum Gasteiger partial charge on any atom is -0.369 e. The van der Waals surface area contributed by atoms with Crippen molar-refractivity contribution >= 4 is 16.9 Å². The number of aromatic nitrogens is 4. The highest BCUT2D eigenvalue weighted by Crippen LogP contribution is 2.32. The topological polar surface area (TPSA) is 86.9 Å². The van der Waals surface area contributed by atoms with E-state index < -0.39 is 0 Å². The van der Waals surface area contributed by atoms with Crippen LogP contribution < -0.4 is 0 Å². The van der Waals surface area contributed by atoms with Gasteiger partial charge in [-0.15, -0.1) is 0 Å². The normalized spacial score (nSPS) is 23.1. The number of hydrogen-bond donors (Lipinski definition) is 2. The van der Waals surface area contributed by atoms with Crippen LogP contribution in [0.25, 0.3) is 11.0 Å². The van der Waals surface area contributed by atoms with Gasteiger partial charge in [0.1, 0.15) is 5.82 Å². The maximum atomic E-state index is 13.1. The van der Waals surface area contributed by atoms with E-state index in [1.54, 1.807) is 0 Å². The predicted molar refractivity (Wildman–Crippen MR) is 105 cm³/mol. The molecule has 3 aromatic rings. The number of H-pyrrole nitrogens is 2. The van der Waals surface area contributed by atoms with Crippen LogP contribution in [0.3, 0.4) is 0 Å². The van der Waals surface area contributed by atoms with Gasteiger partial charge in [0.25, 0.3) is 5.91 Å². The maximum absolute atomic E-state index is 13.1. The first-order chi connectivity index (χ1) is 13.6. The molecule has 0 unspecified atom stereocenters. The van der Waals surface area contributed by atoms with Crippen LogP contribution in [0, 0.1) is 0 Å². The zero-order valence-corrected chi connectivity index (χ0v) is 16.2. The molecule has 4 heterocycles. The van der Waals surface area contributed by atoms with Crippen molar-refractivity contribution in [1.29, 1.82) is 0 Å². The number of piperidine rings is 1. The molecule has 7 heteroatoms. The quantitative estimate of drug-likeness (QED) is 0.715. The molecule has 5 rings (SSSR count). The second kappa shape index (κ2) is 6.74. The molecule has 1 amide bonds. The summed E-state index contributed by atoms with van der Waals surface area (Å²) in [4.78, 5) is 23.2. The molecule has 2 aliphatic rings. The van der Waals surface area contributed by atoms with Crippen LogP contribution in [0.1, 0.15) is 66.3 Å². The summed E-state index contributed by atoms with van der Waals surface area (Å²) < 4.78 is 5.83. The third-order valence-corrected chi connectivity index (χ3v) is 6.01. The van der Waals surface area contributed by atoms with Crippen LogP contribution in [0.15, 0.2) is 24.3 Å². The number of fused-ring (bicyclic) bond motifs is 2. The van der Waals surface area contributed by atoms with Crippen molar-refractivity contribution in [1.82, 2.24) is 25.1 Å². The zero-order valence-electron chi connectivity index (χ0n) is 16.2. The van der Waals surface area contributed by atoms with Crippen molar-refractivity contribution < 1.29 is 9.53 Å². The van der Waals surface area contributed by atoms with Gasteiger partial charge in [0.05, 0.1) is 28.9 Å². The summed E-state index contributed by atoms with van der Waals surface area (Å²) >= 11 is 0. The number of likely N-dealkylation sites (tertiary alicyclic amines) is 1. The Morgan fingerprint density at radius 3 is 2.79 bits per heavy atom. The van der Waals surface area contributed by atoms with Crippen LogP contribution in [0.4, 0.5) is 0 Å². The Labute approximate surface area is 163 Å². The van der Waals surface area contributed by atoms with Crippen LogP contribution in [0.2, 0.25) is 0 Å². The van der Waals surface area contributed by atoms with Gasteiger partial charge in [0, 0.05) is 31.0 Å². The molecule has 1 aromatic carbocycles. The molecule has 2 N–H and O–H groups in total. The summed E-state index contributed by atoms with van der Waals surface area (Å²) in [5, 5.41) is 7.38. The number of ether oxygens (including phenoxy) is 1. The highest BCUT2D eigenvalue weighted by molar-refractivity contribution is 5.94. The summed E-state index contributed by atoms with van der Waals surface area (Å²) in [7, 11) is 0. The molecular formula is C21H25N5O2. The Morgan fingerprint density at radius 1 is 1.21 bits per heavy atom. The molecule has 0 aliphatic carbocycles. The number of rotatable bonds is 2. The Kier molecular flexibility index (Phi) is 4.19. The molecule has 0 bridgehead atoms. The lowest BCUT2D eigenvalue weighted by Crippen LogP contribution is -2.39.